The summed E-state index contributed by atoms with van der Waals surface area (Å²) in [6.45, 7) is 2.47. The van der Waals surface area contributed by atoms with Crippen molar-refractivity contribution in [2.24, 2.45) is 0 Å². The molecule has 0 atom stereocenters. The number of halogens is 3. The number of ether oxygens (including phenoxy) is 2. The summed E-state index contributed by atoms with van der Waals surface area (Å²) < 4.78 is 11.7. The van der Waals surface area contributed by atoms with Crippen molar-refractivity contribution in [2.75, 3.05) is 11.5 Å². The van der Waals surface area contributed by atoms with E-state index in [-0.39, 0.29) is 33.0 Å². The van der Waals surface area contributed by atoms with Gasteiger partial charge in [-0.1, -0.05) is 65.1 Å². The molecule has 0 saturated carbocycles. The number of hydrogen-bond donors (Lipinski definition) is 1. The van der Waals surface area contributed by atoms with Crippen molar-refractivity contribution in [1.29, 1.82) is 0 Å². The molecule has 10 heteroatoms. The van der Waals surface area contributed by atoms with Crippen LogP contribution in [0, 0.1) is 0 Å². The van der Waals surface area contributed by atoms with Gasteiger partial charge < -0.3 is 9.47 Å². The van der Waals surface area contributed by atoms with E-state index >= 15 is 0 Å². The van der Waals surface area contributed by atoms with Gasteiger partial charge in [0, 0.05) is 10.6 Å². The summed E-state index contributed by atoms with van der Waals surface area (Å²) in [6.07, 6.45) is 1.45. The molecule has 0 aromatic heterocycles. The number of carbonyl (C=O) groups is 2. The number of amides is 2. The Bertz CT molecular complexity index is 1390. The maximum Gasteiger partial charge on any atom is 0.270 e. The molecule has 3 aromatic rings. The Morgan fingerprint density at radius 2 is 1.69 bits per heavy atom. The topological polar surface area (TPSA) is 67.9 Å². The molecule has 1 aliphatic heterocycles. The van der Waals surface area contributed by atoms with Crippen LogP contribution in [0.1, 0.15) is 18.1 Å². The van der Waals surface area contributed by atoms with E-state index in [1.165, 1.54) is 6.08 Å². The molecule has 0 unspecified atom stereocenters. The summed E-state index contributed by atoms with van der Waals surface area (Å²) in [7, 11) is 0. The first kappa shape index (κ1) is 26.0. The van der Waals surface area contributed by atoms with E-state index < -0.39 is 11.8 Å². The number of thiocarbonyl (C=S) groups is 1. The van der Waals surface area contributed by atoms with Crippen LogP contribution in [-0.4, -0.2) is 23.5 Å². The standard InChI is InChI=1S/C26H19Cl3N2O4S/c1-2-34-22-13-15(10-11-21(22)35-14-16-6-3-4-7-18(16)27)12-17-24(32)30-26(36)31(25(17)33)20-9-5-8-19(28)23(20)29/h3-13H,2,14H2,1H3,(H,30,32,36)/b17-12+. The third-order valence-corrected chi connectivity index (χ3v) is 6.66. The zero-order valence-electron chi connectivity index (χ0n) is 18.9. The molecule has 0 aliphatic carbocycles. The molecule has 1 N–H and O–H groups in total. The van der Waals surface area contributed by atoms with E-state index in [9.17, 15) is 9.59 Å². The maximum absolute atomic E-state index is 13.3. The van der Waals surface area contributed by atoms with Gasteiger partial charge in [-0.3, -0.25) is 19.8 Å². The number of carbonyl (C=O) groups excluding carboxylic acids is 2. The van der Waals surface area contributed by atoms with Crippen LogP contribution in [0.15, 0.2) is 66.2 Å². The van der Waals surface area contributed by atoms with Gasteiger partial charge in [0.25, 0.3) is 11.8 Å². The van der Waals surface area contributed by atoms with Gasteiger partial charge in [-0.25, -0.2) is 0 Å². The first-order valence-corrected chi connectivity index (χ1v) is 12.3. The van der Waals surface area contributed by atoms with Crippen molar-refractivity contribution in [3.63, 3.8) is 0 Å². The van der Waals surface area contributed by atoms with Crippen LogP contribution in [0.25, 0.3) is 6.08 Å². The second-order valence-electron chi connectivity index (χ2n) is 7.55. The van der Waals surface area contributed by atoms with Crippen LogP contribution in [-0.2, 0) is 16.2 Å². The van der Waals surface area contributed by atoms with E-state index in [4.69, 9.17) is 56.5 Å². The smallest absolute Gasteiger partial charge is 0.270 e. The van der Waals surface area contributed by atoms with E-state index in [1.54, 1.807) is 42.5 Å². The van der Waals surface area contributed by atoms with Crippen LogP contribution in [0.4, 0.5) is 5.69 Å². The number of hydrogen-bond acceptors (Lipinski definition) is 5. The minimum absolute atomic E-state index is 0.0929. The Hall–Kier alpha value is -3.10. The number of nitrogens with one attached hydrogen (secondary N) is 1. The van der Waals surface area contributed by atoms with Crippen LogP contribution in [0.3, 0.4) is 0 Å². The quantitative estimate of drug-likeness (QED) is 0.204. The van der Waals surface area contributed by atoms with Crippen molar-refractivity contribution in [3.8, 4) is 11.5 Å². The lowest BCUT2D eigenvalue weighted by Crippen LogP contribution is -2.54. The minimum atomic E-state index is -0.634. The largest absolute Gasteiger partial charge is 0.490 e. The molecule has 3 aromatic carbocycles. The summed E-state index contributed by atoms with van der Waals surface area (Å²) in [5.41, 5.74) is 1.51. The highest BCUT2D eigenvalue weighted by Crippen LogP contribution is 2.35. The third kappa shape index (κ3) is 5.50. The Labute approximate surface area is 228 Å². The van der Waals surface area contributed by atoms with Gasteiger partial charge in [0.15, 0.2) is 16.6 Å². The van der Waals surface area contributed by atoms with E-state index in [2.05, 4.69) is 5.32 Å². The maximum atomic E-state index is 13.3. The van der Waals surface area contributed by atoms with Gasteiger partial charge in [0.1, 0.15) is 12.2 Å². The number of rotatable bonds is 7. The molecule has 1 fully saturated rings. The van der Waals surface area contributed by atoms with Crippen molar-refractivity contribution in [2.45, 2.75) is 13.5 Å². The molecule has 0 bridgehead atoms. The lowest BCUT2D eigenvalue weighted by Gasteiger charge is -2.29. The highest BCUT2D eigenvalue weighted by Gasteiger charge is 2.35. The van der Waals surface area contributed by atoms with Crippen LogP contribution >= 0.6 is 47.0 Å². The molecule has 36 heavy (non-hydrogen) atoms. The molecule has 1 aliphatic rings. The van der Waals surface area contributed by atoms with Crippen LogP contribution in [0.2, 0.25) is 15.1 Å². The molecule has 4 rings (SSSR count). The van der Waals surface area contributed by atoms with Gasteiger partial charge in [0.2, 0.25) is 0 Å². The molecule has 184 valence electrons. The predicted octanol–water partition coefficient (Wildman–Crippen LogP) is 6.46. The van der Waals surface area contributed by atoms with Gasteiger partial charge in [0.05, 0.1) is 22.3 Å². The fraction of sp³-hybridized carbons (Fsp3) is 0.115. The van der Waals surface area contributed by atoms with Gasteiger partial charge in [-0.05, 0) is 61.1 Å². The first-order chi connectivity index (χ1) is 17.3. The third-order valence-electron chi connectivity index (χ3n) is 5.19. The fourth-order valence-corrected chi connectivity index (χ4v) is 4.33. The molecular formula is C26H19Cl3N2O4S. The predicted molar refractivity (Wildman–Crippen MR) is 146 cm³/mol. The van der Waals surface area contributed by atoms with Crippen LogP contribution in [0.5, 0.6) is 11.5 Å². The fourth-order valence-electron chi connectivity index (χ4n) is 3.48. The Kier molecular flexibility index (Phi) is 8.16. The highest BCUT2D eigenvalue weighted by atomic mass is 35.5. The lowest BCUT2D eigenvalue weighted by molar-refractivity contribution is -0.122. The lowest BCUT2D eigenvalue weighted by atomic mass is 10.1. The number of benzene rings is 3. The summed E-state index contributed by atoms with van der Waals surface area (Å²) in [6, 6.07) is 17.3. The molecule has 1 saturated heterocycles. The van der Waals surface area contributed by atoms with Gasteiger partial charge in [-0.2, -0.15) is 0 Å². The second kappa shape index (κ2) is 11.3. The van der Waals surface area contributed by atoms with Crippen molar-refractivity contribution < 1.29 is 19.1 Å². The van der Waals surface area contributed by atoms with E-state index in [0.717, 1.165) is 10.5 Å². The SMILES string of the molecule is CCOc1cc(/C=C2\C(=O)NC(=S)N(c3cccc(Cl)c3Cl)C2=O)ccc1OCc1ccccc1Cl. The molecule has 0 radical (unpaired) electrons. The Morgan fingerprint density at radius 3 is 2.44 bits per heavy atom. The summed E-state index contributed by atoms with van der Waals surface area (Å²) >= 11 is 23.9. The summed E-state index contributed by atoms with van der Waals surface area (Å²) in [5, 5.41) is 3.43. The number of nitrogens with zero attached hydrogens (tertiary/aromatic N) is 1. The summed E-state index contributed by atoms with van der Waals surface area (Å²) in [4.78, 5) is 27.1. The van der Waals surface area contributed by atoms with Gasteiger partial charge in [-0.15, -0.1) is 0 Å². The van der Waals surface area contributed by atoms with Crippen molar-refractivity contribution in [3.05, 3.63) is 92.4 Å². The highest BCUT2D eigenvalue weighted by molar-refractivity contribution is 7.80. The number of anilines is 1. The average molecular weight is 562 g/mol. The van der Waals surface area contributed by atoms with E-state index in [0.29, 0.717) is 28.7 Å². The van der Waals surface area contributed by atoms with Crippen molar-refractivity contribution >= 4 is 75.7 Å². The minimum Gasteiger partial charge on any atom is -0.490 e. The average Bonchev–Trinajstić information content (AvgIpc) is 2.85. The molecule has 1 heterocycles. The second-order valence-corrected chi connectivity index (χ2v) is 9.13. The van der Waals surface area contributed by atoms with Gasteiger partial charge >= 0.3 is 0 Å². The monoisotopic (exact) mass is 560 g/mol. The molecule has 6 nitrogen and oxygen atoms in total. The summed E-state index contributed by atoms with van der Waals surface area (Å²) in [5.74, 6) is -0.319. The molecule has 2 amide bonds. The molecule has 0 spiro atoms. The zero-order chi connectivity index (χ0) is 25.8. The Morgan fingerprint density at radius 1 is 0.944 bits per heavy atom. The Balaban J connectivity index is 1.64. The molecular weight excluding hydrogens is 543 g/mol. The normalized spacial score (nSPS) is 14.7. The van der Waals surface area contributed by atoms with Crippen molar-refractivity contribution in [1.82, 2.24) is 5.32 Å². The zero-order valence-corrected chi connectivity index (χ0v) is 22.0. The van der Waals surface area contributed by atoms with E-state index in [1.807, 2.05) is 25.1 Å². The van der Waals surface area contributed by atoms with Crippen LogP contribution < -0.4 is 19.7 Å². The first-order valence-electron chi connectivity index (χ1n) is 10.8.